The summed E-state index contributed by atoms with van der Waals surface area (Å²) in [6.45, 7) is 0.712. The highest BCUT2D eigenvalue weighted by Gasteiger charge is 2.35. The van der Waals surface area contributed by atoms with Gasteiger partial charge in [0.05, 0.1) is 12.5 Å². The van der Waals surface area contributed by atoms with Crippen LogP contribution in [0.15, 0.2) is 0 Å². The van der Waals surface area contributed by atoms with Gasteiger partial charge in [-0.25, -0.2) is 0 Å². The average molecular weight is 166 g/mol. The van der Waals surface area contributed by atoms with Crippen molar-refractivity contribution in [3.05, 3.63) is 0 Å². The Balaban J connectivity index is 3.87. The molecule has 1 aliphatic carbocycles. The minimum absolute atomic E-state index is 0.712. The van der Waals surface area contributed by atoms with E-state index in [9.17, 15) is 4.79 Å². The topological polar surface area (TPSA) is 26.3 Å². The van der Waals surface area contributed by atoms with Crippen LogP contribution < -0.4 is 0 Å². The molecule has 1 saturated carbocycles. The summed E-state index contributed by atoms with van der Waals surface area (Å²) in [5.41, 5.74) is -2.88. The number of rotatable bonds is 1. The van der Waals surface area contributed by atoms with Gasteiger partial charge in [0.2, 0.25) is 0 Å². The number of hydrogen-bond acceptors (Lipinski definition) is 2. The lowest BCUT2D eigenvalue weighted by molar-refractivity contribution is -0.153. The van der Waals surface area contributed by atoms with Gasteiger partial charge < -0.3 is 4.74 Å². The van der Waals surface area contributed by atoms with Crippen LogP contribution in [-0.2, 0) is 9.53 Å². The van der Waals surface area contributed by atoms with Crippen molar-refractivity contribution in [3.63, 3.8) is 0 Å². The van der Waals surface area contributed by atoms with Crippen molar-refractivity contribution in [3.8, 4) is 0 Å². The summed E-state index contributed by atoms with van der Waals surface area (Å²) in [6, 6.07) is 0. The normalized spacial score (nSPS) is 59.1. The van der Waals surface area contributed by atoms with Gasteiger partial charge in [-0.05, 0) is 19.7 Å². The Labute approximate surface area is 82.0 Å². The first-order valence-electron chi connectivity index (χ1n) is 8.07. The molecule has 0 amide bonds. The molecule has 2 nitrogen and oxygen atoms in total. The molecule has 11 heavy (non-hydrogen) atoms. The van der Waals surface area contributed by atoms with E-state index in [4.69, 9.17) is 13.7 Å². The first-order chi connectivity index (χ1) is 8.98. The third kappa shape index (κ3) is 1.73. The van der Waals surface area contributed by atoms with Gasteiger partial charge in [0.1, 0.15) is 0 Å². The van der Waals surface area contributed by atoms with Crippen LogP contribution in [0.2, 0.25) is 0 Å². The van der Waals surface area contributed by atoms with Crippen molar-refractivity contribution in [2.75, 3.05) is 7.11 Å². The summed E-state index contributed by atoms with van der Waals surface area (Å²) in [5.74, 6) is -1.49. The Morgan fingerprint density at radius 2 is 2.00 bits per heavy atom. The van der Waals surface area contributed by atoms with Crippen molar-refractivity contribution in [2.24, 2.45) is 5.41 Å². The van der Waals surface area contributed by atoms with Crippen molar-refractivity contribution in [1.29, 1.82) is 0 Å². The Morgan fingerprint density at radius 3 is 2.45 bits per heavy atom. The standard InChI is InChI=1S/C9H16O2/c1-9(8(10)11-2)6-4-3-5-7-9/h3-7H2,1-2H3/i3D2,4D2,5D2,6D2,7D2. The molecule has 1 aliphatic rings. The van der Waals surface area contributed by atoms with E-state index in [1.807, 2.05) is 0 Å². The van der Waals surface area contributed by atoms with Gasteiger partial charge in [0, 0.05) is 13.7 Å². The molecule has 0 aromatic heterocycles. The maximum Gasteiger partial charge on any atom is 0.311 e. The van der Waals surface area contributed by atoms with Gasteiger partial charge in [-0.1, -0.05) is 19.1 Å². The van der Waals surface area contributed by atoms with E-state index in [2.05, 4.69) is 4.74 Å². The molecule has 0 radical (unpaired) electrons. The third-order valence-corrected chi connectivity index (χ3v) is 1.34. The maximum absolute atomic E-state index is 11.9. The smallest absolute Gasteiger partial charge is 0.311 e. The molecule has 0 heterocycles. The number of esters is 1. The van der Waals surface area contributed by atoms with Crippen LogP contribution in [0, 0.1) is 5.41 Å². The number of methoxy groups -OCH3 is 1. The Morgan fingerprint density at radius 1 is 1.45 bits per heavy atom. The molecular weight excluding hydrogens is 140 g/mol. The van der Waals surface area contributed by atoms with Gasteiger partial charge in [-0.3, -0.25) is 4.79 Å². The van der Waals surface area contributed by atoms with E-state index in [1.165, 1.54) is 0 Å². The molecule has 0 atom stereocenters. The van der Waals surface area contributed by atoms with Crippen LogP contribution in [0.25, 0.3) is 0 Å². The van der Waals surface area contributed by atoms with Crippen LogP contribution >= 0.6 is 0 Å². The Bertz CT molecular complexity index is 439. The zero-order valence-corrected chi connectivity index (χ0v) is 6.32. The van der Waals surface area contributed by atoms with Crippen LogP contribution in [0.5, 0.6) is 0 Å². The number of carbonyl (C=O) groups excluding carboxylic acids is 1. The van der Waals surface area contributed by atoms with Gasteiger partial charge in [-0.2, -0.15) is 0 Å². The lowest BCUT2D eigenvalue weighted by Crippen LogP contribution is -2.31. The molecule has 1 rings (SSSR count). The highest BCUT2D eigenvalue weighted by atomic mass is 16.5. The molecule has 0 unspecified atom stereocenters. The highest BCUT2D eigenvalue weighted by molar-refractivity contribution is 5.76. The van der Waals surface area contributed by atoms with E-state index in [0.29, 0.717) is 6.92 Å². The van der Waals surface area contributed by atoms with E-state index in [-0.39, 0.29) is 0 Å². The summed E-state index contributed by atoms with van der Waals surface area (Å²) in [5, 5.41) is 0. The molecule has 0 saturated heterocycles. The van der Waals surface area contributed by atoms with Crippen molar-refractivity contribution < 1.29 is 23.2 Å². The predicted octanol–water partition coefficient (Wildman–Crippen LogP) is 2.13. The molecule has 64 valence electrons. The number of ether oxygens (including phenoxy) is 1. The second kappa shape index (κ2) is 3.24. The summed E-state index contributed by atoms with van der Waals surface area (Å²) in [6.07, 6.45) is -17.2. The van der Waals surface area contributed by atoms with E-state index in [1.54, 1.807) is 0 Å². The summed E-state index contributed by atoms with van der Waals surface area (Å²) >= 11 is 0. The zero-order chi connectivity index (χ0) is 17.3. The average Bonchev–Trinajstić information content (AvgIpc) is 2.34. The molecule has 0 spiro atoms. The summed E-state index contributed by atoms with van der Waals surface area (Å²) in [7, 11) is 0.841. The van der Waals surface area contributed by atoms with Crippen molar-refractivity contribution in [1.82, 2.24) is 0 Å². The molecule has 2 heteroatoms. The highest BCUT2D eigenvalue weighted by Crippen LogP contribution is 2.36. The Kier molecular flexibility index (Phi) is 0.661. The molecular formula is C9H16O2. The lowest BCUT2D eigenvalue weighted by Gasteiger charge is -2.30. The van der Waals surface area contributed by atoms with Crippen molar-refractivity contribution in [2.45, 2.75) is 38.8 Å². The van der Waals surface area contributed by atoms with Gasteiger partial charge in [-0.15, -0.1) is 0 Å². The van der Waals surface area contributed by atoms with Crippen LogP contribution in [0.3, 0.4) is 0 Å². The van der Waals surface area contributed by atoms with Crippen LogP contribution in [0.1, 0.15) is 52.5 Å². The van der Waals surface area contributed by atoms with Gasteiger partial charge >= 0.3 is 5.97 Å². The number of hydrogen-bond donors (Lipinski definition) is 0. The second-order valence-corrected chi connectivity index (χ2v) is 2.24. The third-order valence-electron chi connectivity index (χ3n) is 1.34. The molecule has 0 aromatic carbocycles. The largest absolute Gasteiger partial charge is 0.469 e. The minimum Gasteiger partial charge on any atom is -0.469 e. The van der Waals surface area contributed by atoms with E-state index in [0.717, 1.165) is 7.11 Å². The lowest BCUT2D eigenvalue weighted by atomic mass is 9.76. The fraction of sp³-hybridized carbons (Fsp3) is 0.889. The quantitative estimate of drug-likeness (QED) is 0.558. The summed E-state index contributed by atoms with van der Waals surface area (Å²) in [4.78, 5) is 11.9. The monoisotopic (exact) mass is 166 g/mol. The maximum atomic E-state index is 11.9. The van der Waals surface area contributed by atoms with Crippen LogP contribution in [-0.4, -0.2) is 13.1 Å². The first kappa shape index (κ1) is 2.24. The van der Waals surface area contributed by atoms with E-state index < -0.39 is 43.2 Å². The zero-order valence-electron chi connectivity index (χ0n) is 16.3. The molecule has 0 aromatic rings. The Hall–Kier alpha value is -0.530. The molecule has 0 bridgehead atoms. The molecule has 0 aliphatic heterocycles. The van der Waals surface area contributed by atoms with E-state index >= 15 is 0 Å². The second-order valence-electron chi connectivity index (χ2n) is 2.24. The van der Waals surface area contributed by atoms with Gasteiger partial charge in [0.25, 0.3) is 0 Å². The fourth-order valence-corrected chi connectivity index (χ4v) is 0.681. The van der Waals surface area contributed by atoms with Crippen molar-refractivity contribution >= 4 is 5.97 Å². The summed E-state index contributed by atoms with van der Waals surface area (Å²) < 4.78 is 81.7. The fourth-order valence-electron chi connectivity index (χ4n) is 0.681. The molecule has 0 N–H and O–H groups in total. The van der Waals surface area contributed by atoms with Gasteiger partial charge in [0.15, 0.2) is 0 Å². The minimum atomic E-state index is -3.51. The molecule has 1 fully saturated rings. The number of carbonyl (C=O) groups is 1. The SMILES string of the molecule is [2H]C1([2H])C([2H])([2H])C([2H])([2H])C(C)(C(=O)OC)C([2H])([2H])C1([2H])[2H]. The first-order valence-corrected chi connectivity index (χ1v) is 3.07. The van der Waals surface area contributed by atoms with Crippen LogP contribution in [0.4, 0.5) is 0 Å². The predicted molar refractivity (Wildman–Crippen MR) is 43.2 cm³/mol.